The van der Waals surface area contributed by atoms with E-state index in [0.29, 0.717) is 6.42 Å². The molecular weight excluding hydrogens is 699 g/mol. The van der Waals surface area contributed by atoms with Gasteiger partial charge in [0.05, 0.1) is 18.8 Å². The zero-order valence-electron chi connectivity index (χ0n) is 38.9. The second-order valence-corrected chi connectivity index (χ2v) is 17.9. The molecule has 0 spiro atoms. The van der Waals surface area contributed by atoms with Crippen molar-refractivity contribution in [3.05, 3.63) is 24.3 Å². The molecule has 0 fully saturated rings. The summed E-state index contributed by atoms with van der Waals surface area (Å²) < 4.78 is 0. The third-order valence-corrected chi connectivity index (χ3v) is 12.2. The first-order valence-electron chi connectivity index (χ1n) is 26.1. The molecule has 57 heavy (non-hydrogen) atoms. The average molecular weight is 802 g/mol. The van der Waals surface area contributed by atoms with Gasteiger partial charge in [0, 0.05) is 6.42 Å². The number of hydrogen-bond donors (Lipinski definition) is 3. The van der Waals surface area contributed by atoms with Crippen molar-refractivity contribution in [2.24, 2.45) is 0 Å². The van der Waals surface area contributed by atoms with Crippen LogP contribution >= 0.6 is 0 Å². The van der Waals surface area contributed by atoms with Crippen LogP contribution in [0.2, 0.25) is 0 Å². The summed E-state index contributed by atoms with van der Waals surface area (Å²) in [6, 6.07) is -0.621. The maximum atomic E-state index is 12.4. The molecule has 0 aromatic heterocycles. The van der Waals surface area contributed by atoms with Crippen LogP contribution in [-0.4, -0.2) is 34.9 Å². The van der Waals surface area contributed by atoms with Crippen LogP contribution in [0.1, 0.15) is 290 Å². The lowest BCUT2D eigenvalue weighted by Gasteiger charge is -2.20. The van der Waals surface area contributed by atoms with Gasteiger partial charge in [-0.25, -0.2) is 0 Å². The molecule has 1 amide bonds. The molecule has 0 saturated heterocycles. The van der Waals surface area contributed by atoms with Crippen molar-refractivity contribution < 1.29 is 15.0 Å². The number of carbonyl (C=O) groups excluding carboxylic acids is 1. The number of aliphatic hydroxyl groups excluding tert-OH is 2. The Labute approximate surface area is 358 Å². The van der Waals surface area contributed by atoms with Crippen molar-refractivity contribution in [3.8, 4) is 0 Å². The van der Waals surface area contributed by atoms with Crippen molar-refractivity contribution in [2.45, 2.75) is 302 Å². The zero-order valence-corrected chi connectivity index (χ0v) is 38.9. The molecule has 4 heteroatoms. The third kappa shape index (κ3) is 45.8. The molecule has 338 valence electrons. The van der Waals surface area contributed by atoms with Crippen LogP contribution in [0.4, 0.5) is 0 Å². The van der Waals surface area contributed by atoms with Gasteiger partial charge in [-0.3, -0.25) is 4.79 Å². The SMILES string of the molecule is CCCCCCCCCCCCCC/C=C\CCCCCCCCCCCCC(=O)NC(CO)C(O)/C=C/CCCCCCCCCCCCCCCCCCC. The van der Waals surface area contributed by atoms with Crippen molar-refractivity contribution in [3.63, 3.8) is 0 Å². The van der Waals surface area contributed by atoms with Crippen LogP contribution in [0.3, 0.4) is 0 Å². The summed E-state index contributed by atoms with van der Waals surface area (Å²) in [4.78, 5) is 12.4. The molecule has 0 saturated carbocycles. The van der Waals surface area contributed by atoms with E-state index in [2.05, 4.69) is 31.3 Å². The van der Waals surface area contributed by atoms with Gasteiger partial charge in [-0.1, -0.05) is 263 Å². The lowest BCUT2D eigenvalue weighted by atomic mass is 10.0. The molecular formula is C53H103NO3. The molecule has 0 bridgehead atoms. The van der Waals surface area contributed by atoms with Crippen LogP contribution in [0.5, 0.6) is 0 Å². The molecule has 0 aliphatic carbocycles. The monoisotopic (exact) mass is 802 g/mol. The number of aliphatic hydroxyl groups is 2. The third-order valence-electron chi connectivity index (χ3n) is 12.2. The second kappa shape index (κ2) is 49.2. The van der Waals surface area contributed by atoms with E-state index >= 15 is 0 Å². The number of hydrogen-bond acceptors (Lipinski definition) is 3. The number of unbranched alkanes of at least 4 members (excludes halogenated alkanes) is 39. The lowest BCUT2D eigenvalue weighted by molar-refractivity contribution is -0.123. The Hall–Kier alpha value is -1.13. The Bertz CT molecular complexity index is 825. The number of nitrogens with one attached hydrogen (secondary N) is 1. The average Bonchev–Trinajstić information content (AvgIpc) is 3.22. The summed E-state index contributed by atoms with van der Waals surface area (Å²) in [5, 5.41) is 23.1. The standard InChI is InChI=1S/C53H103NO3/c1-3-5-7-9-11-13-15-17-19-21-23-24-25-26-27-28-29-31-33-35-37-39-41-43-45-47-49-53(57)54-51(50-55)52(56)48-46-44-42-40-38-36-34-32-30-22-20-18-16-14-12-10-8-6-4-2/h26-27,46,48,51-52,55-56H,3-25,28-45,47,49-50H2,1-2H3,(H,54,57)/b27-26-,48-46+. The van der Waals surface area contributed by atoms with Gasteiger partial charge in [0.1, 0.15) is 0 Å². The highest BCUT2D eigenvalue weighted by atomic mass is 16.3. The minimum Gasteiger partial charge on any atom is -0.394 e. The smallest absolute Gasteiger partial charge is 0.220 e. The highest BCUT2D eigenvalue weighted by Crippen LogP contribution is 2.16. The Morgan fingerprint density at radius 3 is 0.965 bits per heavy atom. The summed E-state index contributed by atoms with van der Waals surface area (Å²) in [6.07, 6.45) is 64.6. The number of amides is 1. The van der Waals surface area contributed by atoms with Gasteiger partial charge >= 0.3 is 0 Å². The van der Waals surface area contributed by atoms with Crippen molar-refractivity contribution in [2.75, 3.05) is 6.61 Å². The van der Waals surface area contributed by atoms with E-state index in [1.54, 1.807) is 6.08 Å². The minimum atomic E-state index is -0.838. The van der Waals surface area contributed by atoms with Crippen LogP contribution in [0, 0.1) is 0 Å². The summed E-state index contributed by atoms with van der Waals surface area (Å²) >= 11 is 0. The van der Waals surface area contributed by atoms with E-state index in [1.165, 1.54) is 244 Å². The molecule has 3 N–H and O–H groups in total. The highest BCUT2D eigenvalue weighted by Gasteiger charge is 2.18. The van der Waals surface area contributed by atoms with Gasteiger partial charge in [-0.05, 0) is 44.9 Å². The number of allylic oxidation sites excluding steroid dienone is 3. The first-order valence-corrected chi connectivity index (χ1v) is 26.1. The van der Waals surface area contributed by atoms with Crippen LogP contribution < -0.4 is 5.32 Å². The summed E-state index contributed by atoms with van der Waals surface area (Å²) in [5.41, 5.74) is 0. The Morgan fingerprint density at radius 1 is 0.404 bits per heavy atom. The van der Waals surface area contributed by atoms with E-state index in [4.69, 9.17) is 0 Å². The molecule has 2 unspecified atom stereocenters. The van der Waals surface area contributed by atoms with Crippen LogP contribution in [0.25, 0.3) is 0 Å². The summed E-state index contributed by atoms with van der Waals surface area (Å²) in [6.45, 7) is 4.34. The molecule has 0 heterocycles. The van der Waals surface area contributed by atoms with Gasteiger partial charge in [0.25, 0.3) is 0 Å². The predicted octanol–water partition coefficient (Wildman–Crippen LogP) is 16.8. The van der Waals surface area contributed by atoms with E-state index in [9.17, 15) is 15.0 Å². The molecule has 0 aliphatic rings. The Kier molecular flexibility index (Phi) is 48.3. The normalized spacial score (nSPS) is 13.0. The fourth-order valence-corrected chi connectivity index (χ4v) is 8.18. The molecule has 0 aromatic carbocycles. The molecule has 0 aliphatic heterocycles. The fraction of sp³-hybridized carbons (Fsp3) is 0.906. The number of rotatable bonds is 48. The molecule has 0 radical (unpaired) electrons. The summed E-state index contributed by atoms with van der Waals surface area (Å²) in [7, 11) is 0. The minimum absolute atomic E-state index is 0.0612. The van der Waals surface area contributed by atoms with E-state index < -0.39 is 12.1 Å². The van der Waals surface area contributed by atoms with Crippen LogP contribution in [0.15, 0.2) is 24.3 Å². The first-order chi connectivity index (χ1) is 28.2. The van der Waals surface area contributed by atoms with Gasteiger partial charge in [-0.2, -0.15) is 0 Å². The topological polar surface area (TPSA) is 69.6 Å². The molecule has 0 rings (SSSR count). The van der Waals surface area contributed by atoms with Crippen LogP contribution in [-0.2, 0) is 4.79 Å². The van der Waals surface area contributed by atoms with E-state index in [0.717, 1.165) is 25.7 Å². The fourth-order valence-electron chi connectivity index (χ4n) is 8.18. The summed E-state index contributed by atoms with van der Waals surface area (Å²) in [5.74, 6) is -0.0612. The largest absolute Gasteiger partial charge is 0.394 e. The van der Waals surface area contributed by atoms with Gasteiger partial charge in [-0.15, -0.1) is 0 Å². The van der Waals surface area contributed by atoms with Crippen molar-refractivity contribution >= 4 is 5.91 Å². The second-order valence-electron chi connectivity index (χ2n) is 17.9. The Balaban J connectivity index is 3.49. The Morgan fingerprint density at radius 2 is 0.667 bits per heavy atom. The highest BCUT2D eigenvalue weighted by molar-refractivity contribution is 5.76. The lowest BCUT2D eigenvalue weighted by Crippen LogP contribution is -2.45. The van der Waals surface area contributed by atoms with Crippen molar-refractivity contribution in [1.29, 1.82) is 0 Å². The van der Waals surface area contributed by atoms with E-state index in [1.807, 2.05) is 6.08 Å². The van der Waals surface area contributed by atoms with Gasteiger partial charge in [0.15, 0.2) is 0 Å². The number of carbonyl (C=O) groups is 1. The zero-order chi connectivity index (χ0) is 41.4. The maximum absolute atomic E-state index is 12.4. The first kappa shape index (κ1) is 55.9. The maximum Gasteiger partial charge on any atom is 0.220 e. The molecule has 4 nitrogen and oxygen atoms in total. The molecule has 0 aromatic rings. The predicted molar refractivity (Wildman–Crippen MR) is 253 cm³/mol. The van der Waals surface area contributed by atoms with Crippen molar-refractivity contribution in [1.82, 2.24) is 5.32 Å². The van der Waals surface area contributed by atoms with Gasteiger partial charge < -0.3 is 15.5 Å². The quantitative estimate of drug-likeness (QED) is 0.0424. The van der Waals surface area contributed by atoms with Gasteiger partial charge in [0.2, 0.25) is 5.91 Å². The van der Waals surface area contributed by atoms with E-state index in [-0.39, 0.29) is 12.5 Å². The molecule has 2 atom stereocenters.